The van der Waals surface area contributed by atoms with Crippen LogP contribution in [0.25, 0.3) is 0 Å². The molecule has 0 aliphatic carbocycles. The SMILES string of the molecule is [2H]CC(C)(C)OC(=O)N[C@@H](COCc1ccccc1)C(=O)NCc1ccccc1. The summed E-state index contributed by atoms with van der Waals surface area (Å²) < 4.78 is 18.3. The Hall–Kier alpha value is -2.86. The number of carbonyl (C=O) groups is 2. The summed E-state index contributed by atoms with van der Waals surface area (Å²) in [6.07, 6.45) is -0.759. The summed E-state index contributed by atoms with van der Waals surface area (Å²) in [4.78, 5) is 24.8. The monoisotopic (exact) mass is 385 g/mol. The third-order valence-corrected chi connectivity index (χ3v) is 3.68. The average molecular weight is 385 g/mol. The van der Waals surface area contributed by atoms with E-state index in [1.165, 1.54) is 0 Å². The predicted octanol–water partition coefficient (Wildman–Crippen LogP) is 3.41. The number of hydrogen-bond donors (Lipinski definition) is 2. The van der Waals surface area contributed by atoms with Gasteiger partial charge in [-0.25, -0.2) is 4.79 Å². The predicted molar refractivity (Wildman–Crippen MR) is 108 cm³/mol. The van der Waals surface area contributed by atoms with Gasteiger partial charge in [0.15, 0.2) is 0 Å². The molecule has 0 aromatic heterocycles. The molecule has 6 nitrogen and oxygen atoms in total. The van der Waals surface area contributed by atoms with E-state index in [0.717, 1.165) is 11.1 Å². The average Bonchev–Trinajstić information content (AvgIpc) is 2.72. The highest BCUT2D eigenvalue weighted by Crippen LogP contribution is 2.07. The lowest BCUT2D eigenvalue weighted by molar-refractivity contribution is -0.125. The van der Waals surface area contributed by atoms with E-state index in [0.29, 0.717) is 13.2 Å². The van der Waals surface area contributed by atoms with Crippen LogP contribution in [0, 0.1) is 0 Å². The molecular weight excluding hydrogens is 356 g/mol. The van der Waals surface area contributed by atoms with E-state index in [1.54, 1.807) is 13.8 Å². The van der Waals surface area contributed by atoms with Crippen LogP contribution in [-0.4, -0.2) is 30.3 Å². The Balaban J connectivity index is 1.94. The summed E-state index contributed by atoms with van der Waals surface area (Å²) in [7, 11) is 0. The van der Waals surface area contributed by atoms with Crippen LogP contribution < -0.4 is 10.6 Å². The fraction of sp³-hybridized carbons (Fsp3) is 0.364. The van der Waals surface area contributed by atoms with Crippen LogP contribution in [0.4, 0.5) is 4.79 Å². The van der Waals surface area contributed by atoms with Crippen molar-refractivity contribution in [1.29, 1.82) is 0 Å². The van der Waals surface area contributed by atoms with Crippen molar-refractivity contribution < 1.29 is 20.4 Å². The molecule has 0 fully saturated rings. The number of benzene rings is 2. The quantitative estimate of drug-likeness (QED) is 0.730. The molecule has 28 heavy (non-hydrogen) atoms. The summed E-state index contributed by atoms with van der Waals surface area (Å²) >= 11 is 0. The molecule has 0 saturated carbocycles. The summed E-state index contributed by atoms with van der Waals surface area (Å²) in [6.45, 7) is 3.83. The van der Waals surface area contributed by atoms with E-state index in [2.05, 4.69) is 10.6 Å². The molecule has 0 heterocycles. The maximum absolute atomic E-state index is 12.6. The van der Waals surface area contributed by atoms with Gasteiger partial charge in [0.25, 0.3) is 0 Å². The molecule has 2 N–H and O–H groups in total. The van der Waals surface area contributed by atoms with Crippen molar-refractivity contribution in [3.63, 3.8) is 0 Å². The number of nitrogens with one attached hydrogen (secondary N) is 2. The van der Waals surface area contributed by atoms with Gasteiger partial charge in [0, 0.05) is 7.92 Å². The highest BCUT2D eigenvalue weighted by atomic mass is 16.6. The first-order chi connectivity index (χ1) is 13.9. The van der Waals surface area contributed by atoms with Crippen molar-refractivity contribution in [2.75, 3.05) is 6.61 Å². The van der Waals surface area contributed by atoms with E-state index in [4.69, 9.17) is 10.8 Å². The van der Waals surface area contributed by atoms with Gasteiger partial charge in [0.1, 0.15) is 11.6 Å². The molecule has 2 aromatic rings. The van der Waals surface area contributed by atoms with E-state index >= 15 is 0 Å². The topological polar surface area (TPSA) is 76.7 Å². The molecule has 0 aliphatic rings. The number of ether oxygens (including phenoxy) is 2. The molecular formula is C22H28N2O4. The van der Waals surface area contributed by atoms with Crippen LogP contribution in [0.2, 0.25) is 0 Å². The van der Waals surface area contributed by atoms with Crippen molar-refractivity contribution in [3.8, 4) is 0 Å². The Morgan fingerprint density at radius 2 is 1.64 bits per heavy atom. The van der Waals surface area contributed by atoms with Crippen molar-refractivity contribution in [2.24, 2.45) is 0 Å². The highest BCUT2D eigenvalue weighted by molar-refractivity contribution is 5.85. The number of alkyl carbamates (subject to hydrolysis) is 1. The zero-order valence-electron chi connectivity index (χ0n) is 17.3. The Morgan fingerprint density at radius 1 is 1.04 bits per heavy atom. The number of amides is 2. The third kappa shape index (κ3) is 8.22. The van der Waals surface area contributed by atoms with Crippen LogP contribution in [-0.2, 0) is 27.4 Å². The van der Waals surface area contributed by atoms with Crippen LogP contribution >= 0.6 is 0 Å². The minimum absolute atomic E-state index is 0.00802. The van der Waals surface area contributed by atoms with E-state index < -0.39 is 17.7 Å². The number of hydrogen-bond acceptors (Lipinski definition) is 4. The normalized spacial score (nSPS) is 12.6. The van der Waals surface area contributed by atoms with Gasteiger partial charge in [0.2, 0.25) is 5.91 Å². The lowest BCUT2D eigenvalue weighted by Crippen LogP contribution is -2.50. The van der Waals surface area contributed by atoms with Crippen LogP contribution in [0.3, 0.4) is 0 Å². The largest absolute Gasteiger partial charge is 0.444 e. The lowest BCUT2D eigenvalue weighted by atomic mass is 10.2. The first kappa shape index (κ1) is 19.9. The summed E-state index contributed by atoms with van der Waals surface area (Å²) in [5.74, 6) is -0.373. The molecule has 2 amide bonds. The fourth-order valence-electron chi connectivity index (χ4n) is 2.38. The second-order valence-electron chi connectivity index (χ2n) is 7.05. The van der Waals surface area contributed by atoms with Crippen molar-refractivity contribution in [2.45, 2.75) is 45.5 Å². The molecule has 0 radical (unpaired) electrons. The standard InChI is InChI=1S/C22H28N2O4/c1-22(2,3)28-21(26)24-19(16-27-15-18-12-8-5-9-13-18)20(25)23-14-17-10-6-4-7-11-17/h4-13,19H,14-16H2,1-3H3,(H,23,25)(H,24,26)/t19-/m0/s1/i1D. The Labute approximate surface area is 167 Å². The van der Waals surface area contributed by atoms with Gasteiger partial charge in [-0.15, -0.1) is 0 Å². The van der Waals surface area contributed by atoms with Crippen molar-refractivity contribution >= 4 is 12.0 Å². The Morgan fingerprint density at radius 3 is 2.25 bits per heavy atom. The molecule has 150 valence electrons. The smallest absolute Gasteiger partial charge is 0.408 e. The van der Waals surface area contributed by atoms with Gasteiger partial charge in [-0.05, 0) is 31.9 Å². The van der Waals surface area contributed by atoms with Gasteiger partial charge in [-0.2, -0.15) is 0 Å². The first-order valence-electron chi connectivity index (χ1n) is 9.82. The molecule has 0 aliphatic heterocycles. The van der Waals surface area contributed by atoms with Crippen LogP contribution in [0.1, 0.15) is 33.2 Å². The molecule has 0 unspecified atom stereocenters. The van der Waals surface area contributed by atoms with E-state index in [9.17, 15) is 9.59 Å². The van der Waals surface area contributed by atoms with Crippen molar-refractivity contribution in [1.82, 2.24) is 10.6 Å². The maximum atomic E-state index is 12.6. The van der Waals surface area contributed by atoms with Gasteiger partial charge in [0.05, 0.1) is 13.2 Å². The van der Waals surface area contributed by atoms with E-state index in [-0.39, 0.29) is 19.4 Å². The minimum atomic E-state index is -0.944. The van der Waals surface area contributed by atoms with E-state index in [1.807, 2.05) is 60.7 Å². The molecule has 0 spiro atoms. The van der Waals surface area contributed by atoms with Gasteiger partial charge < -0.3 is 20.1 Å². The highest BCUT2D eigenvalue weighted by Gasteiger charge is 2.24. The molecule has 0 saturated heterocycles. The molecule has 6 heteroatoms. The molecule has 0 bridgehead atoms. The van der Waals surface area contributed by atoms with Gasteiger partial charge in [-0.1, -0.05) is 60.7 Å². The molecule has 1 atom stereocenters. The minimum Gasteiger partial charge on any atom is -0.444 e. The summed E-state index contributed by atoms with van der Waals surface area (Å²) in [5, 5.41) is 5.35. The zero-order chi connectivity index (χ0) is 21.1. The lowest BCUT2D eigenvalue weighted by Gasteiger charge is -2.23. The van der Waals surface area contributed by atoms with Gasteiger partial charge >= 0.3 is 6.09 Å². The summed E-state index contributed by atoms with van der Waals surface area (Å²) in [6, 6.07) is 18.1. The fourth-order valence-corrected chi connectivity index (χ4v) is 2.38. The molecule has 2 rings (SSSR count). The van der Waals surface area contributed by atoms with Crippen molar-refractivity contribution in [3.05, 3.63) is 71.8 Å². The van der Waals surface area contributed by atoms with Crippen LogP contribution in [0.15, 0.2) is 60.7 Å². The second kappa shape index (κ2) is 10.5. The Bertz CT molecular complexity index is 769. The van der Waals surface area contributed by atoms with Gasteiger partial charge in [-0.3, -0.25) is 4.79 Å². The second-order valence-corrected chi connectivity index (χ2v) is 7.05. The third-order valence-electron chi connectivity index (χ3n) is 3.68. The Kier molecular flexibility index (Phi) is 7.44. The number of carbonyl (C=O) groups excluding carboxylic acids is 2. The first-order valence-corrected chi connectivity index (χ1v) is 9.12. The maximum Gasteiger partial charge on any atom is 0.408 e. The zero-order valence-corrected chi connectivity index (χ0v) is 16.3. The summed E-state index contributed by atoms with van der Waals surface area (Å²) in [5.41, 5.74) is 0.969. The van der Waals surface area contributed by atoms with Crippen LogP contribution in [0.5, 0.6) is 0 Å². The molecule has 2 aromatic carbocycles. The number of rotatable bonds is 8.